The van der Waals surface area contributed by atoms with Crippen molar-refractivity contribution in [3.63, 3.8) is 0 Å². The Labute approximate surface area is 117 Å². The molecule has 0 aliphatic carbocycles. The monoisotopic (exact) mass is 273 g/mol. The Morgan fingerprint density at radius 3 is 2.30 bits per heavy atom. The van der Waals surface area contributed by atoms with Gasteiger partial charge < -0.3 is 27.0 Å². The molecule has 5 nitrogen and oxygen atoms in total. The first-order valence-electron chi connectivity index (χ1n) is 6.38. The van der Waals surface area contributed by atoms with Crippen molar-refractivity contribution in [1.82, 2.24) is 0 Å². The van der Waals surface area contributed by atoms with Crippen molar-refractivity contribution in [2.45, 2.75) is 6.10 Å². The van der Waals surface area contributed by atoms with E-state index in [-0.39, 0.29) is 13.2 Å². The summed E-state index contributed by atoms with van der Waals surface area (Å²) in [4.78, 5) is 0. The molecule has 0 fully saturated rings. The van der Waals surface area contributed by atoms with Crippen LogP contribution in [0.5, 0.6) is 0 Å². The summed E-state index contributed by atoms with van der Waals surface area (Å²) >= 11 is 0. The lowest BCUT2D eigenvalue weighted by Crippen LogP contribution is -2.23. The second kappa shape index (κ2) is 6.27. The standard InChI is InChI=1S/C15H19N3O2/c16-11-3-1-10(2-4-11)14-7-12(17)5-6-15(14)18-8-13(20)9-19/h1-7,13,18-20H,8-9,16-17H2. The van der Waals surface area contributed by atoms with Gasteiger partial charge in [-0.1, -0.05) is 12.1 Å². The van der Waals surface area contributed by atoms with Crippen LogP contribution < -0.4 is 16.8 Å². The zero-order valence-corrected chi connectivity index (χ0v) is 11.1. The molecule has 2 aromatic carbocycles. The number of benzene rings is 2. The van der Waals surface area contributed by atoms with Crippen molar-refractivity contribution >= 4 is 17.1 Å². The highest BCUT2D eigenvalue weighted by atomic mass is 16.3. The van der Waals surface area contributed by atoms with Crippen molar-refractivity contribution in [2.24, 2.45) is 0 Å². The minimum atomic E-state index is -0.799. The molecule has 0 aliphatic rings. The van der Waals surface area contributed by atoms with E-state index in [1.165, 1.54) is 0 Å². The summed E-state index contributed by atoms with van der Waals surface area (Å²) in [5.74, 6) is 0. The van der Waals surface area contributed by atoms with E-state index in [4.69, 9.17) is 16.6 Å². The topological polar surface area (TPSA) is 105 Å². The van der Waals surface area contributed by atoms with Gasteiger partial charge in [0.2, 0.25) is 0 Å². The van der Waals surface area contributed by atoms with Gasteiger partial charge in [0.05, 0.1) is 12.7 Å². The minimum absolute atomic E-state index is 0.266. The van der Waals surface area contributed by atoms with Crippen molar-refractivity contribution in [1.29, 1.82) is 0 Å². The number of anilines is 3. The molecule has 0 heterocycles. The maximum atomic E-state index is 9.42. The summed E-state index contributed by atoms with van der Waals surface area (Å²) in [5.41, 5.74) is 15.6. The van der Waals surface area contributed by atoms with Crippen molar-refractivity contribution < 1.29 is 10.2 Å². The fraction of sp³-hybridized carbons (Fsp3) is 0.200. The first-order chi connectivity index (χ1) is 9.60. The van der Waals surface area contributed by atoms with Gasteiger partial charge in [-0.25, -0.2) is 0 Å². The van der Waals surface area contributed by atoms with Crippen LogP contribution in [-0.4, -0.2) is 29.5 Å². The Kier molecular flexibility index (Phi) is 4.45. The van der Waals surface area contributed by atoms with Crippen LogP contribution in [0, 0.1) is 0 Å². The SMILES string of the molecule is Nc1ccc(-c2cc(N)ccc2NCC(O)CO)cc1. The third-order valence-corrected chi connectivity index (χ3v) is 3.00. The first kappa shape index (κ1) is 14.2. The second-order valence-electron chi connectivity index (χ2n) is 4.64. The minimum Gasteiger partial charge on any atom is -0.399 e. The lowest BCUT2D eigenvalue weighted by Gasteiger charge is -2.15. The van der Waals surface area contributed by atoms with E-state index in [1.54, 1.807) is 6.07 Å². The third kappa shape index (κ3) is 3.40. The molecule has 1 unspecified atom stereocenters. The van der Waals surface area contributed by atoms with E-state index in [2.05, 4.69) is 5.32 Å². The zero-order chi connectivity index (χ0) is 14.5. The van der Waals surface area contributed by atoms with Crippen LogP contribution in [0.4, 0.5) is 17.1 Å². The molecule has 0 spiro atoms. The van der Waals surface area contributed by atoms with Crippen LogP contribution in [0.1, 0.15) is 0 Å². The Morgan fingerprint density at radius 2 is 1.65 bits per heavy atom. The van der Waals surface area contributed by atoms with E-state index in [9.17, 15) is 5.11 Å². The summed E-state index contributed by atoms with van der Waals surface area (Å²) in [5, 5.41) is 21.4. The van der Waals surface area contributed by atoms with Gasteiger partial charge >= 0.3 is 0 Å². The Morgan fingerprint density at radius 1 is 1.00 bits per heavy atom. The Bertz CT molecular complexity index is 570. The number of nitrogens with two attached hydrogens (primary N) is 2. The molecule has 1 atom stereocenters. The molecular weight excluding hydrogens is 254 g/mol. The first-order valence-corrected chi connectivity index (χ1v) is 6.38. The van der Waals surface area contributed by atoms with E-state index < -0.39 is 6.10 Å². The van der Waals surface area contributed by atoms with Crippen LogP contribution in [0.25, 0.3) is 11.1 Å². The molecule has 0 radical (unpaired) electrons. The van der Waals surface area contributed by atoms with Gasteiger partial charge in [0.25, 0.3) is 0 Å². The number of nitrogen functional groups attached to an aromatic ring is 2. The number of rotatable bonds is 5. The van der Waals surface area contributed by atoms with Gasteiger partial charge in [-0.2, -0.15) is 0 Å². The van der Waals surface area contributed by atoms with Crippen LogP contribution in [0.2, 0.25) is 0 Å². The van der Waals surface area contributed by atoms with Crippen LogP contribution in [-0.2, 0) is 0 Å². The maximum absolute atomic E-state index is 9.42. The molecule has 2 aromatic rings. The number of aliphatic hydroxyl groups is 2. The molecule has 5 heteroatoms. The Balaban J connectivity index is 2.30. The molecule has 0 saturated heterocycles. The summed E-state index contributed by atoms with van der Waals surface area (Å²) in [7, 11) is 0. The largest absolute Gasteiger partial charge is 0.399 e. The summed E-state index contributed by atoms with van der Waals surface area (Å²) in [6, 6.07) is 13.0. The molecule has 2 rings (SSSR count). The average Bonchev–Trinajstić information content (AvgIpc) is 2.46. The normalized spacial score (nSPS) is 12.1. The molecule has 0 bridgehead atoms. The van der Waals surface area contributed by atoms with Gasteiger partial charge in [-0.3, -0.25) is 0 Å². The number of hydrogen-bond donors (Lipinski definition) is 5. The number of hydrogen-bond acceptors (Lipinski definition) is 5. The van der Waals surface area contributed by atoms with Crippen LogP contribution in [0.3, 0.4) is 0 Å². The second-order valence-corrected chi connectivity index (χ2v) is 4.64. The molecule has 106 valence electrons. The van der Waals surface area contributed by atoms with E-state index in [1.807, 2.05) is 36.4 Å². The summed E-state index contributed by atoms with van der Waals surface area (Å²) < 4.78 is 0. The zero-order valence-electron chi connectivity index (χ0n) is 11.1. The number of nitrogens with one attached hydrogen (secondary N) is 1. The van der Waals surface area contributed by atoms with Gasteiger partial charge in [0, 0.05) is 29.2 Å². The van der Waals surface area contributed by atoms with Gasteiger partial charge in [0.15, 0.2) is 0 Å². The summed E-state index contributed by atoms with van der Waals surface area (Å²) in [6.07, 6.45) is -0.799. The maximum Gasteiger partial charge on any atom is 0.0942 e. The Hall–Kier alpha value is -2.24. The average molecular weight is 273 g/mol. The van der Waals surface area contributed by atoms with Crippen molar-refractivity contribution in [3.05, 3.63) is 42.5 Å². The van der Waals surface area contributed by atoms with Gasteiger partial charge in [0.1, 0.15) is 0 Å². The molecule has 20 heavy (non-hydrogen) atoms. The van der Waals surface area contributed by atoms with Gasteiger partial charge in [-0.15, -0.1) is 0 Å². The van der Waals surface area contributed by atoms with Crippen LogP contribution >= 0.6 is 0 Å². The molecule has 0 amide bonds. The highest BCUT2D eigenvalue weighted by molar-refractivity contribution is 5.81. The van der Waals surface area contributed by atoms with E-state index in [0.29, 0.717) is 11.4 Å². The molecule has 0 aromatic heterocycles. The molecule has 0 saturated carbocycles. The summed E-state index contributed by atoms with van der Waals surface area (Å²) in [6.45, 7) is -0.0123. The van der Waals surface area contributed by atoms with Crippen LogP contribution in [0.15, 0.2) is 42.5 Å². The third-order valence-electron chi connectivity index (χ3n) is 3.00. The highest BCUT2D eigenvalue weighted by Gasteiger charge is 2.08. The number of aliphatic hydroxyl groups excluding tert-OH is 2. The van der Waals surface area contributed by atoms with E-state index in [0.717, 1.165) is 16.8 Å². The predicted octanol–water partition coefficient (Wildman–Crippen LogP) is 1.28. The lowest BCUT2D eigenvalue weighted by atomic mass is 10.0. The fourth-order valence-electron chi connectivity index (χ4n) is 1.91. The van der Waals surface area contributed by atoms with Crippen molar-refractivity contribution in [2.75, 3.05) is 29.9 Å². The lowest BCUT2D eigenvalue weighted by molar-refractivity contribution is 0.105. The smallest absolute Gasteiger partial charge is 0.0942 e. The molecular formula is C15H19N3O2. The fourth-order valence-corrected chi connectivity index (χ4v) is 1.91. The predicted molar refractivity (Wildman–Crippen MR) is 82.3 cm³/mol. The van der Waals surface area contributed by atoms with Gasteiger partial charge in [-0.05, 0) is 35.9 Å². The molecule has 7 N–H and O–H groups in total. The highest BCUT2D eigenvalue weighted by Crippen LogP contribution is 2.30. The molecule has 0 aliphatic heterocycles. The van der Waals surface area contributed by atoms with E-state index >= 15 is 0 Å². The van der Waals surface area contributed by atoms with Crippen molar-refractivity contribution in [3.8, 4) is 11.1 Å². The quantitative estimate of drug-likeness (QED) is 0.528.